The van der Waals surface area contributed by atoms with Crippen LogP contribution in [0.4, 0.5) is 11.4 Å². The van der Waals surface area contributed by atoms with Crippen molar-refractivity contribution in [2.45, 2.75) is 39.7 Å². The maximum Gasteiger partial charge on any atom is 0.226 e. The Kier molecular flexibility index (Phi) is 5.98. The quantitative estimate of drug-likeness (QED) is 0.836. The second-order valence-electron chi connectivity index (χ2n) is 5.80. The van der Waals surface area contributed by atoms with Gasteiger partial charge in [0.15, 0.2) is 0 Å². The number of aromatic nitrogens is 2. The molecule has 0 fully saturated rings. The zero-order valence-corrected chi connectivity index (χ0v) is 14.7. The lowest BCUT2D eigenvalue weighted by Gasteiger charge is -2.13. The van der Waals surface area contributed by atoms with Gasteiger partial charge in [0.2, 0.25) is 11.8 Å². The van der Waals surface area contributed by atoms with Gasteiger partial charge >= 0.3 is 0 Å². The van der Waals surface area contributed by atoms with Crippen LogP contribution in [0.25, 0.3) is 0 Å². The van der Waals surface area contributed by atoms with Crippen LogP contribution in [0.5, 0.6) is 0 Å². The van der Waals surface area contributed by atoms with E-state index in [4.69, 9.17) is 11.6 Å². The van der Waals surface area contributed by atoms with E-state index >= 15 is 0 Å². The number of carbonyl (C=O) groups is 2. The first kappa shape index (κ1) is 18.0. The van der Waals surface area contributed by atoms with Crippen molar-refractivity contribution in [1.82, 2.24) is 9.55 Å². The first-order chi connectivity index (χ1) is 11.4. The first-order valence-electron chi connectivity index (χ1n) is 7.75. The van der Waals surface area contributed by atoms with E-state index in [0.29, 0.717) is 35.3 Å². The summed E-state index contributed by atoms with van der Waals surface area (Å²) in [5.41, 5.74) is 1.00. The summed E-state index contributed by atoms with van der Waals surface area (Å²) in [6, 6.07) is 4.93. The summed E-state index contributed by atoms with van der Waals surface area (Å²) in [5.74, 6) is 0.868. The molecular weight excluding hydrogens is 328 g/mol. The van der Waals surface area contributed by atoms with E-state index in [-0.39, 0.29) is 11.8 Å². The molecular formula is C17H21ClN4O2. The summed E-state index contributed by atoms with van der Waals surface area (Å²) in [4.78, 5) is 27.8. The molecule has 24 heavy (non-hydrogen) atoms. The van der Waals surface area contributed by atoms with Crippen molar-refractivity contribution in [3.8, 4) is 0 Å². The van der Waals surface area contributed by atoms with Crippen LogP contribution in [-0.4, -0.2) is 21.4 Å². The van der Waals surface area contributed by atoms with Gasteiger partial charge in [-0.1, -0.05) is 25.4 Å². The van der Waals surface area contributed by atoms with Gasteiger partial charge in [0, 0.05) is 43.2 Å². The van der Waals surface area contributed by atoms with Crippen molar-refractivity contribution in [3.63, 3.8) is 0 Å². The van der Waals surface area contributed by atoms with Gasteiger partial charge in [0.1, 0.15) is 5.82 Å². The number of hydrogen-bond donors (Lipinski definition) is 2. The van der Waals surface area contributed by atoms with Crippen molar-refractivity contribution in [2.24, 2.45) is 0 Å². The third kappa shape index (κ3) is 4.83. The van der Waals surface area contributed by atoms with Crippen LogP contribution in [0, 0.1) is 0 Å². The van der Waals surface area contributed by atoms with Crippen LogP contribution >= 0.6 is 11.6 Å². The number of nitrogens with zero attached hydrogens (tertiary/aromatic N) is 2. The second-order valence-corrected chi connectivity index (χ2v) is 6.24. The molecule has 0 spiro atoms. The Bertz CT molecular complexity index is 740. The molecule has 0 saturated carbocycles. The largest absolute Gasteiger partial charge is 0.334 e. The van der Waals surface area contributed by atoms with Crippen LogP contribution in [0.2, 0.25) is 5.02 Å². The van der Waals surface area contributed by atoms with E-state index < -0.39 is 0 Å². The minimum atomic E-state index is -0.215. The molecule has 0 bridgehead atoms. The highest BCUT2D eigenvalue weighted by molar-refractivity contribution is 6.31. The molecule has 1 aromatic carbocycles. The van der Waals surface area contributed by atoms with Gasteiger partial charge in [-0.15, -0.1) is 0 Å². The molecule has 2 amide bonds. The van der Waals surface area contributed by atoms with E-state index in [1.165, 1.54) is 6.92 Å². The second kappa shape index (κ2) is 7.97. The van der Waals surface area contributed by atoms with Gasteiger partial charge in [-0.05, 0) is 18.2 Å². The van der Waals surface area contributed by atoms with E-state index in [0.717, 1.165) is 5.82 Å². The van der Waals surface area contributed by atoms with Gasteiger partial charge in [0.05, 0.1) is 11.4 Å². The first-order valence-corrected chi connectivity index (χ1v) is 8.12. The molecule has 6 nitrogen and oxygen atoms in total. The highest BCUT2D eigenvalue weighted by Crippen LogP contribution is 2.26. The highest BCUT2D eigenvalue weighted by Gasteiger charge is 2.11. The van der Waals surface area contributed by atoms with Crippen LogP contribution in [0.3, 0.4) is 0 Å². The molecule has 1 aromatic heterocycles. The van der Waals surface area contributed by atoms with Crippen LogP contribution in [0.1, 0.15) is 38.9 Å². The van der Waals surface area contributed by atoms with Gasteiger partial charge < -0.3 is 15.2 Å². The number of hydrogen-bond acceptors (Lipinski definition) is 3. The lowest BCUT2D eigenvalue weighted by molar-refractivity contribution is -0.116. The molecule has 0 aliphatic rings. The average Bonchev–Trinajstić information content (AvgIpc) is 2.96. The smallest absolute Gasteiger partial charge is 0.226 e. The summed E-state index contributed by atoms with van der Waals surface area (Å²) in [6.07, 6.45) is 3.89. The molecule has 0 unspecified atom stereocenters. The van der Waals surface area contributed by atoms with Crippen LogP contribution < -0.4 is 10.6 Å². The molecule has 0 aliphatic carbocycles. The number of carbonyl (C=O) groups excluding carboxylic acids is 2. The Balaban J connectivity index is 2.03. The van der Waals surface area contributed by atoms with E-state index in [1.807, 2.05) is 10.8 Å². The van der Waals surface area contributed by atoms with Crippen molar-refractivity contribution < 1.29 is 9.59 Å². The molecule has 128 valence electrons. The van der Waals surface area contributed by atoms with Crippen LogP contribution in [-0.2, 0) is 16.1 Å². The number of amides is 2. The average molecular weight is 349 g/mol. The number of aryl methyl sites for hydroxylation is 1. The number of halogens is 1. The number of rotatable bonds is 6. The van der Waals surface area contributed by atoms with Crippen molar-refractivity contribution in [2.75, 3.05) is 10.6 Å². The van der Waals surface area contributed by atoms with E-state index in [9.17, 15) is 9.59 Å². The van der Waals surface area contributed by atoms with Gasteiger partial charge in [-0.3, -0.25) is 9.59 Å². The van der Waals surface area contributed by atoms with Crippen molar-refractivity contribution in [3.05, 3.63) is 41.4 Å². The third-order valence-corrected chi connectivity index (χ3v) is 3.65. The summed E-state index contributed by atoms with van der Waals surface area (Å²) in [5, 5.41) is 5.95. The molecule has 0 radical (unpaired) electrons. The molecule has 2 N–H and O–H groups in total. The predicted molar refractivity (Wildman–Crippen MR) is 95.3 cm³/mol. The summed E-state index contributed by atoms with van der Waals surface area (Å²) < 4.78 is 1.97. The zero-order valence-electron chi connectivity index (χ0n) is 14.0. The minimum Gasteiger partial charge on any atom is -0.334 e. The van der Waals surface area contributed by atoms with Crippen LogP contribution in [0.15, 0.2) is 30.6 Å². The summed E-state index contributed by atoms with van der Waals surface area (Å²) in [6.45, 7) is 6.07. The normalized spacial score (nSPS) is 10.7. The van der Waals surface area contributed by atoms with Crippen molar-refractivity contribution >= 4 is 34.8 Å². The molecule has 0 aliphatic heterocycles. The molecule has 1 heterocycles. The Hall–Kier alpha value is -2.34. The van der Waals surface area contributed by atoms with Gasteiger partial charge in [-0.2, -0.15) is 0 Å². The lowest BCUT2D eigenvalue weighted by Crippen LogP contribution is -2.17. The maximum atomic E-state index is 12.2. The zero-order chi connectivity index (χ0) is 17.7. The fourth-order valence-electron chi connectivity index (χ4n) is 2.36. The predicted octanol–water partition coefficient (Wildman–Crippen LogP) is 3.65. The number of imidazole rings is 1. The molecule has 0 atom stereocenters. The summed E-state index contributed by atoms with van der Waals surface area (Å²) >= 11 is 5.97. The molecule has 2 rings (SSSR count). The topological polar surface area (TPSA) is 76.0 Å². The van der Waals surface area contributed by atoms with E-state index in [2.05, 4.69) is 29.5 Å². The third-order valence-electron chi connectivity index (χ3n) is 3.41. The fourth-order valence-corrected chi connectivity index (χ4v) is 2.54. The molecule has 2 aromatic rings. The standard InChI is InChI=1S/C17H21ClN4O2/c1-11(2)17-19-7-9-22(17)8-6-16(24)21-15-10-13(18)4-5-14(15)20-12(3)23/h4-5,7,9-11H,6,8H2,1-3H3,(H,20,23)(H,21,24). The van der Waals surface area contributed by atoms with Gasteiger partial charge in [-0.25, -0.2) is 4.98 Å². The Labute approximate surface area is 146 Å². The number of benzene rings is 1. The number of anilines is 2. The Morgan fingerprint density at radius 2 is 2.00 bits per heavy atom. The van der Waals surface area contributed by atoms with Gasteiger partial charge in [0.25, 0.3) is 0 Å². The Morgan fingerprint density at radius 3 is 2.67 bits per heavy atom. The Morgan fingerprint density at radius 1 is 1.25 bits per heavy atom. The maximum absolute atomic E-state index is 12.2. The van der Waals surface area contributed by atoms with Crippen molar-refractivity contribution in [1.29, 1.82) is 0 Å². The highest BCUT2D eigenvalue weighted by atomic mass is 35.5. The monoisotopic (exact) mass is 348 g/mol. The SMILES string of the molecule is CC(=O)Nc1ccc(Cl)cc1NC(=O)CCn1ccnc1C(C)C. The summed E-state index contributed by atoms with van der Waals surface area (Å²) in [7, 11) is 0. The minimum absolute atomic E-state index is 0.160. The number of nitrogens with one attached hydrogen (secondary N) is 2. The lowest BCUT2D eigenvalue weighted by atomic mass is 10.2. The fraction of sp³-hybridized carbons (Fsp3) is 0.353. The van der Waals surface area contributed by atoms with E-state index in [1.54, 1.807) is 24.4 Å². The molecule has 7 heteroatoms. The molecule has 0 saturated heterocycles.